The summed E-state index contributed by atoms with van der Waals surface area (Å²) in [5, 5.41) is 7.59. The molecule has 9 aromatic rings. The summed E-state index contributed by atoms with van der Waals surface area (Å²) < 4.78 is 2.43. The van der Waals surface area contributed by atoms with Crippen LogP contribution in [0, 0.1) is 0 Å². The van der Waals surface area contributed by atoms with E-state index in [2.05, 4.69) is 126 Å². The highest BCUT2D eigenvalue weighted by molar-refractivity contribution is 6.32. The summed E-state index contributed by atoms with van der Waals surface area (Å²) in [6.45, 7) is 0. The van der Waals surface area contributed by atoms with Crippen LogP contribution in [0.15, 0.2) is 152 Å². The highest BCUT2D eigenvalue weighted by Gasteiger charge is 2.20. The van der Waals surface area contributed by atoms with Crippen LogP contribution >= 0.6 is 0 Å². The first-order chi connectivity index (χ1) is 21.3. The van der Waals surface area contributed by atoms with Gasteiger partial charge in [-0.2, -0.15) is 0 Å². The zero-order valence-corrected chi connectivity index (χ0v) is 23.3. The minimum absolute atomic E-state index is 0.878. The van der Waals surface area contributed by atoms with Crippen molar-refractivity contribution in [1.82, 2.24) is 14.5 Å². The van der Waals surface area contributed by atoms with E-state index in [4.69, 9.17) is 9.97 Å². The van der Waals surface area contributed by atoms with Crippen molar-refractivity contribution >= 4 is 54.4 Å². The van der Waals surface area contributed by atoms with Gasteiger partial charge in [0.2, 0.25) is 0 Å². The Labute approximate surface area is 248 Å². The lowest BCUT2D eigenvalue weighted by Crippen LogP contribution is -1.98. The predicted octanol–water partition coefficient (Wildman–Crippen LogP) is 10.4. The summed E-state index contributed by atoms with van der Waals surface area (Å²) in [5.74, 6) is 0. The standard InChI is InChI=1S/C40H25N3/c1-2-13-26(14-3-1)38-39(42-35-23-10-9-22-34(35)41-38)27-15-12-16-28(25-27)43-36-24-11-8-21-33(36)37-31-19-6-4-17-29(31)30-18-5-7-20-32(30)40(37)43/h1-25H. The number of para-hydroxylation sites is 3. The van der Waals surface area contributed by atoms with Gasteiger partial charge in [0.1, 0.15) is 0 Å². The molecule has 3 nitrogen and oxygen atoms in total. The Morgan fingerprint density at radius 3 is 1.67 bits per heavy atom. The minimum Gasteiger partial charge on any atom is -0.309 e. The van der Waals surface area contributed by atoms with Gasteiger partial charge in [0.15, 0.2) is 0 Å². The number of nitrogens with zero attached hydrogens (tertiary/aromatic N) is 3. The molecule has 0 amide bonds. The number of rotatable bonds is 3. The second kappa shape index (κ2) is 9.37. The molecule has 0 saturated heterocycles. The van der Waals surface area contributed by atoms with Crippen molar-refractivity contribution in [3.8, 4) is 28.2 Å². The lowest BCUT2D eigenvalue weighted by molar-refractivity contribution is 1.18. The van der Waals surface area contributed by atoms with Crippen LogP contribution < -0.4 is 0 Å². The zero-order valence-electron chi connectivity index (χ0n) is 23.3. The van der Waals surface area contributed by atoms with Gasteiger partial charge in [0, 0.05) is 33.0 Å². The van der Waals surface area contributed by atoms with E-state index in [9.17, 15) is 0 Å². The summed E-state index contributed by atoms with van der Waals surface area (Å²) in [5.41, 5.74) is 9.13. The third-order valence-corrected chi connectivity index (χ3v) is 8.54. The van der Waals surface area contributed by atoms with Crippen LogP contribution in [0.1, 0.15) is 0 Å². The number of fused-ring (bicyclic) bond motifs is 9. The fourth-order valence-electron chi connectivity index (χ4n) is 6.69. The number of hydrogen-bond acceptors (Lipinski definition) is 2. The lowest BCUT2D eigenvalue weighted by Gasteiger charge is -2.14. The minimum atomic E-state index is 0.878. The van der Waals surface area contributed by atoms with E-state index in [1.165, 1.54) is 43.4 Å². The van der Waals surface area contributed by atoms with Gasteiger partial charge in [0.25, 0.3) is 0 Å². The summed E-state index contributed by atoms with van der Waals surface area (Å²) in [4.78, 5) is 10.3. The van der Waals surface area contributed by atoms with Crippen molar-refractivity contribution in [2.24, 2.45) is 0 Å². The fourth-order valence-corrected chi connectivity index (χ4v) is 6.69. The molecule has 9 rings (SSSR count). The van der Waals surface area contributed by atoms with Gasteiger partial charge < -0.3 is 4.57 Å². The maximum absolute atomic E-state index is 5.19. The average molecular weight is 548 g/mol. The Morgan fingerprint density at radius 2 is 0.930 bits per heavy atom. The Kier molecular flexibility index (Phi) is 5.20. The van der Waals surface area contributed by atoms with Crippen molar-refractivity contribution in [2.45, 2.75) is 0 Å². The van der Waals surface area contributed by atoms with Crippen LogP contribution in [-0.4, -0.2) is 14.5 Å². The Bertz CT molecular complexity index is 2510. The van der Waals surface area contributed by atoms with Gasteiger partial charge in [-0.15, -0.1) is 0 Å². The monoisotopic (exact) mass is 547 g/mol. The lowest BCUT2D eigenvalue weighted by atomic mass is 9.97. The second-order valence-corrected chi connectivity index (χ2v) is 11.0. The molecule has 3 heteroatoms. The molecule has 0 atom stereocenters. The first-order valence-corrected chi connectivity index (χ1v) is 14.6. The summed E-state index contributed by atoms with van der Waals surface area (Å²) in [7, 11) is 0. The molecule has 0 spiro atoms. The largest absolute Gasteiger partial charge is 0.309 e. The van der Waals surface area contributed by atoms with E-state index in [0.29, 0.717) is 0 Å². The molecule has 0 fully saturated rings. The summed E-state index contributed by atoms with van der Waals surface area (Å²) >= 11 is 0. The van der Waals surface area contributed by atoms with E-state index in [-0.39, 0.29) is 0 Å². The maximum Gasteiger partial charge on any atom is 0.0973 e. The van der Waals surface area contributed by atoms with Gasteiger partial charge in [-0.25, -0.2) is 9.97 Å². The molecule has 200 valence electrons. The first-order valence-electron chi connectivity index (χ1n) is 14.6. The number of benzene rings is 7. The van der Waals surface area contributed by atoms with Crippen molar-refractivity contribution in [3.63, 3.8) is 0 Å². The van der Waals surface area contributed by atoms with E-state index < -0.39 is 0 Å². The third-order valence-electron chi connectivity index (χ3n) is 8.54. The summed E-state index contributed by atoms with van der Waals surface area (Å²) in [6.07, 6.45) is 0. The Balaban J connectivity index is 1.38. The van der Waals surface area contributed by atoms with Gasteiger partial charge in [0.05, 0.1) is 33.5 Å². The SMILES string of the molecule is c1ccc(-c2nc3ccccc3nc2-c2cccc(-n3c4ccccc4c4c5ccccc5c5ccccc5c43)c2)cc1. The quantitative estimate of drug-likeness (QED) is 0.206. The molecule has 43 heavy (non-hydrogen) atoms. The van der Waals surface area contributed by atoms with Crippen LogP contribution in [-0.2, 0) is 0 Å². The molecule has 0 unspecified atom stereocenters. The van der Waals surface area contributed by atoms with Gasteiger partial charge in [-0.1, -0.05) is 121 Å². The second-order valence-electron chi connectivity index (χ2n) is 11.0. The molecule has 2 heterocycles. The van der Waals surface area contributed by atoms with Gasteiger partial charge in [-0.05, 0) is 46.5 Å². The van der Waals surface area contributed by atoms with Crippen LogP contribution in [0.4, 0.5) is 0 Å². The molecule has 0 radical (unpaired) electrons. The number of hydrogen-bond donors (Lipinski definition) is 0. The van der Waals surface area contributed by atoms with Crippen LogP contribution in [0.25, 0.3) is 82.6 Å². The smallest absolute Gasteiger partial charge is 0.0973 e. The van der Waals surface area contributed by atoms with Crippen molar-refractivity contribution in [2.75, 3.05) is 0 Å². The maximum atomic E-state index is 5.19. The van der Waals surface area contributed by atoms with E-state index in [1.54, 1.807) is 0 Å². The van der Waals surface area contributed by atoms with E-state index >= 15 is 0 Å². The van der Waals surface area contributed by atoms with E-state index in [1.807, 2.05) is 30.3 Å². The molecule has 7 aromatic carbocycles. The average Bonchev–Trinajstić information content (AvgIpc) is 3.44. The fraction of sp³-hybridized carbons (Fsp3) is 0. The molecule has 0 aliphatic rings. The highest BCUT2D eigenvalue weighted by atomic mass is 15.0. The van der Waals surface area contributed by atoms with Crippen LogP contribution in [0.5, 0.6) is 0 Å². The summed E-state index contributed by atoms with van der Waals surface area (Å²) in [6, 6.07) is 53.5. The zero-order chi connectivity index (χ0) is 28.3. The van der Waals surface area contributed by atoms with Crippen molar-refractivity contribution in [1.29, 1.82) is 0 Å². The Morgan fingerprint density at radius 1 is 0.395 bits per heavy atom. The molecule has 0 saturated carbocycles. The molecular weight excluding hydrogens is 522 g/mol. The Hall–Kier alpha value is -5.80. The molecular formula is C40H25N3. The van der Waals surface area contributed by atoms with E-state index in [0.717, 1.165) is 39.2 Å². The molecule has 0 aliphatic carbocycles. The molecule has 0 aliphatic heterocycles. The van der Waals surface area contributed by atoms with Crippen molar-refractivity contribution in [3.05, 3.63) is 152 Å². The highest BCUT2D eigenvalue weighted by Crippen LogP contribution is 2.42. The molecule has 0 bridgehead atoms. The topological polar surface area (TPSA) is 30.7 Å². The first kappa shape index (κ1) is 23.9. The van der Waals surface area contributed by atoms with Crippen LogP contribution in [0.3, 0.4) is 0 Å². The number of aromatic nitrogens is 3. The molecule has 0 N–H and O–H groups in total. The van der Waals surface area contributed by atoms with Crippen molar-refractivity contribution < 1.29 is 0 Å². The predicted molar refractivity (Wildman–Crippen MR) is 180 cm³/mol. The third kappa shape index (κ3) is 3.62. The van der Waals surface area contributed by atoms with Crippen LogP contribution in [0.2, 0.25) is 0 Å². The van der Waals surface area contributed by atoms with Gasteiger partial charge in [-0.3, -0.25) is 0 Å². The van der Waals surface area contributed by atoms with Gasteiger partial charge >= 0.3 is 0 Å². The molecule has 2 aromatic heterocycles. The normalized spacial score (nSPS) is 11.7.